The van der Waals surface area contributed by atoms with Crippen molar-refractivity contribution in [3.05, 3.63) is 65.4 Å². The van der Waals surface area contributed by atoms with Crippen LogP contribution in [0.3, 0.4) is 0 Å². The maximum absolute atomic E-state index is 12.5. The normalized spacial score (nSPS) is 18.6. The van der Waals surface area contributed by atoms with Crippen molar-refractivity contribution < 1.29 is 9.53 Å². The Balaban J connectivity index is 1.37. The minimum Gasteiger partial charge on any atom is -0.497 e. The Morgan fingerprint density at radius 2 is 1.93 bits per heavy atom. The fourth-order valence-electron chi connectivity index (χ4n) is 4.43. The zero-order valence-electron chi connectivity index (χ0n) is 17.9. The van der Waals surface area contributed by atoms with Gasteiger partial charge in [0.1, 0.15) is 5.75 Å². The summed E-state index contributed by atoms with van der Waals surface area (Å²) in [6.45, 7) is 5.28. The molecule has 6 nitrogen and oxygen atoms in total. The number of methoxy groups -OCH3 is 1. The van der Waals surface area contributed by atoms with Gasteiger partial charge >= 0.3 is 0 Å². The van der Waals surface area contributed by atoms with E-state index in [0.29, 0.717) is 12.8 Å². The number of hydrogen-bond donors (Lipinski definition) is 3. The summed E-state index contributed by atoms with van der Waals surface area (Å²) >= 11 is 0. The number of benzene rings is 2. The minimum atomic E-state index is -0.0823. The van der Waals surface area contributed by atoms with Crippen LogP contribution in [-0.4, -0.2) is 23.7 Å². The van der Waals surface area contributed by atoms with Crippen molar-refractivity contribution in [1.82, 2.24) is 20.7 Å². The fraction of sp³-hybridized carbons (Fsp3) is 0.375. The third-order valence-electron chi connectivity index (χ3n) is 5.96. The summed E-state index contributed by atoms with van der Waals surface area (Å²) in [6.07, 6.45) is 1.90. The number of nitrogens with zero attached hydrogens (tertiary/aromatic N) is 1. The van der Waals surface area contributed by atoms with Crippen molar-refractivity contribution in [2.75, 3.05) is 7.11 Å². The molecule has 1 aromatic heterocycles. The van der Waals surface area contributed by atoms with Gasteiger partial charge in [-0.25, -0.2) is 10.9 Å². The van der Waals surface area contributed by atoms with Gasteiger partial charge in [-0.2, -0.15) is 0 Å². The van der Waals surface area contributed by atoms with Crippen molar-refractivity contribution in [3.8, 4) is 5.75 Å². The van der Waals surface area contributed by atoms with Crippen molar-refractivity contribution >= 4 is 16.8 Å². The van der Waals surface area contributed by atoms with Gasteiger partial charge in [0.25, 0.3) is 0 Å². The second-order valence-corrected chi connectivity index (χ2v) is 7.82. The number of aryl methyl sites for hydroxylation is 3. The predicted molar refractivity (Wildman–Crippen MR) is 119 cm³/mol. The number of ether oxygens (including phenoxy) is 1. The lowest BCUT2D eigenvalue weighted by atomic mass is 10.0. The van der Waals surface area contributed by atoms with Crippen LogP contribution in [0.2, 0.25) is 0 Å². The van der Waals surface area contributed by atoms with Gasteiger partial charge in [0.15, 0.2) is 0 Å². The number of fused-ring (bicyclic) bond motifs is 1. The highest BCUT2D eigenvalue weighted by atomic mass is 16.5. The molecule has 1 fully saturated rings. The highest BCUT2D eigenvalue weighted by Crippen LogP contribution is 2.32. The molecule has 1 saturated heterocycles. The molecule has 1 aliphatic heterocycles. The average molecular weight is 407 g/mol. The Labute approximate surface area is 177 Å². The van der Waals surface area contributed by atoms with Crippen molar-refractivity contribution in [2.24, 2.45) is 0 Å². The Hall–Kier alpha value is -2.83. The van der Waals surface area contributed by atoms with E-state index in [2.05, 4.69) is 58.8 Å². The monoisotopic (exact) mass is 406 g/mol. The van der Waals surface area contributed by atoms with Gasteiger partial charge in [0.05, 0.1) is 19.3 Å². The Morgan fingerprint density at radius 3 is 2.67 bits per heavy atom. The van der Waals surface area contributed by atoms with E-state index in [-0.39, 0.29) is 18.1 Å². The minimum absolute atomic E-state index is 0.0542. The summed E-state index contributed by atoms with van der Waals surface area (Å²) < 4.78 is 7.55. The molecule has 4 rings (SSSR count). The topological polar surface area (TPSA) is 67.3 Å². The van der Waals surface area contributed by atoms with E-state index in [9.17, 15) is 4.79 Å². The molecule has 2 aromatic carbocycles. The number of nitrogens with one attached hydrogen (secondary N) is 3. The maximum Gasteiger partial charge on any atom is 0.221 e. The van der Waals surface area contributed by atoms with Crippen LogP contribution >= 0.6 is 0 Å². The van der Waals surface area contributed by atoms with E-state index in [4.69, 9.17) is 4.74 Å². The van der Waals surface area contributed by atoms with Crippen LogP contribution in [-0.2, 0) is 17.8 Å². The van der Waals surface area contributed by atoms with Crippen LogP contribution in [0, 0.1) is 6.92 Å². The van der Waals surface area contributed by atoms with Gasteiger partial charge < -0.3 is 14.6 Å². The standard InChI is InChI=1S/C24H30N4O2/c1-4-28-21-8-6-5-7-19(21)16(2)24(28)20-15-22(27-26-20)25-23(29)14-11-17-9-12-18(30-3)13-10-17/h5-10,12-13,20,22,26-27H,4,11,14-15H2,1-3H3,(H,25,29). The lowest BCUT2D eigenvalue weighted by Gasteiger charge is -2.15. The number of hydrazine groups is 1. The fourth-order valence-corrected chi connectivity index (χ4v) is 4.43. The van der Waals surface area contributed by atoms with Gasteiger partial charge in [0, 0.05) is 36.0 Å². The van der Waals surface area contributed by atoms with Crippen LogP contribution in [0.4, 0.5) is 0 Å². The first-order valence-electron chi connectivity index (χ1n) is 10.6. The molecular weight excluding hydrogens is 376 g/mol. The number of amides is 1. The van der Waals surface area contributed by atoms with Crippen LogP contribution in [0.1, 0.15) is 42.6 Å². The predicted octanol–water partition coefficient (Wildman–Crippen LogP) is 3.59. The quantitative estimate of drug-likeness (QED) is 0.561. The maximum atomic E-state index is 12.5. The van der Waals surface area contributed by atoms with Crippen LogP contribution < -0.4 is 20.9 Å². The molecule has 1 aliphatic rings. The molecule has 0 spiro atoms. The van der Waals surface area contributed by atoms with Crippen molar-refractivity contribution in [3.63, 3.8) is 0 Å². The SMILES string of the molecule is CCn1c(C2CC(NC(=O)CCc3ccc(OC)cc3)NN2)c(C)c2ccccc21. The zero-order valence-corrected chi connectivity index (χ0v) is 17.9. The Kier molecular flexibility index (Phi) is 6.06. The lowest BCUT2D eigenvalue weighted by molar-refractivity contribution is -0.121. The van der Waals surface area contributed by atoms with Gasteiger partial charge in [-0.3, -0.25) is 4.79 Å². The Morgan fingerprint density at radius 1 is 1.17 bits per heavy atom. The number of hydrogen-bond acceptors (Lipinski definition) is 4. The lowest BCUT2D eigenvalue weighted by Crippen LogP contribution is -2.44. The molecule has 158 valence electrons. The van der Waals surface area contributed by atoms with Crippen LogP contribution in [0.15, 0.2) is 48.5 Å². The summed E-state index contributed by atoms with van der Waals surface area (Å²) in [7, 11) is 1.65. The van der Waals surface area contributed by atoms with Crippen molar-refractivity contribution in [2.45, 2.75) is 51.9 Å². The van der Waals surface area contributed by atoms with Gasteiger partial charge in [-0.15, -0.1) is 0 Å². The van der Waals surface area contributed by atoms with E-state index in [0.717, 1.165) is 24.3 Å². The number of carbonyl (C=O) groups excluding carboxylic acids is 1. The number of aromatic nitrogens is 1. The van der Waals surface area contributed by atoms with E-state index in [1.54, 1.807) is 7.11 Å². The molecule has 2 unspecified atom stereocenters. The molecule has 3 aromatic rings. The van der Waals surface area contributed by atoms with Crippen molar-refractivity contribution in [1.29, 1.82) is 0 Å². The smallest absolute Gasteiger partial charge is 0.221 e. The summed E-state index contributed by atoms with van der Waals surface area (Å²) in [5.74, 6) is 0.883. The van der Waals surface area contributed by atoms with Gasteiger partial charge in [-0.1, -0.05) is 30.3 Å². The molecule has 1 amide bonds. The van der Waals surface area contributed by atoms with Gasteiger partial charge in [0.2, 0.25) is 5.91 Å². The highest BCUT2D eigenvalue weighted by Gasteiger charge is 2.30. The molecule has 0 bridgehead atoms. The number of carbonyl (C=O) groups is 1. The number of para-hydroxylation sites is 1. The molecule has 0 aliphatic carbocycles. The first-order chi connectivity index (χ1) is 14.6. The average Bonchev–Trinajstić information content (AvgIpc) is 3.34. The van der Waals surface area contributed by atoms with E-state index in [1.165, 1.54) is 22.2 Å². The van der Waals surface area contributed by atoms with Crippen LogP contribution in [0.5, 0.6) is 5.75 Å². The molecule has 2 atom stereocenters. The zero-order chi connectivity index (χ0) is 21.1. The first kappa shape index (κ1) is 20.4. The molecule has 0 saturated carbocycles. The van der Waals surface area contributed by atoms with Crippen LogP contribution in [0.25, 0.3) is 10.9 Å². The highest BCUT2D eigenvalue weighted by molar-refractivity contribution is 5.85. The number of rotatable bonds is 7. The van der Waals surface area contributed by atoms with E-state index < -0.39 is 0 Å². The summed E-state index contributed by atoms with van der Waals surface area (Å²) in [4.78, 5) is 12.5. The van der Waals surface area contributed by atoms with E-state index >= 15 is 0 Å². The summed E-state index contributed by atoms with van der Waals surface area (Å²) in [5.41, 5.74) is 11.6. The Bertz CT molecular complexity index is 1030. The molecule has 6 heteroatoms. The first-order valence-corrected chi connectivity index (χ1v) is 10.6. The second-order valence-electron chi connectivity index (χ2n) is 7.82. The third-order valence-corrected chi connectivity index (χ3v) is 5.96. The largest absolute Gasteiger partial charge is 0.497 e. The summed E-state index contributed by atoms with van der Waals surface area (Å²) in [5, 5.41) is 4.41. The third kappa shape index (κ3) is 4.06. The molecule has 3 N–H and O–H groups in total. The molecule has 0 radical (unpaired) electrons. The van der Waals surface area contributed by atoms with Gasteiger partial charge in [-0.05, 0) is 49.6 Å². The second kappa shape index (κ2) is 8.90. The van der Waals surface area contributed by atoms with E-state index in [1.807, 2.05) is 24.3 Å². The molecular formula is C24H30N4O2. The summed E-state index contributed by atoms with van der Waals surface area (Å²) in [6, 6.07) is 16.6. The molecule has 30 heavy (non-hydrogen) atoms. The molecule has 2 heterocycles.